The van der Waals surface area contributed by atoms with Crippen LogP contribution in [0.15, 0.2) is 36.7 Å². The van der Waals surface area contributed by atoms with Crippen molar-refractivity contribution in [3.05, 3.63) is 53.5 Å². The molecule has 1 fully saturated rings. The first-order valence-corrected chi connectivity index (χ1v) is 9.64. The Bertz CT molecular complexity index is 1100. The lowest BCUT2D eigenvalue weighted by Crippen LogP contribution is -2.50. The van der Waals surface area contributed by atoms with Gasteiger partial charge in [-0.3, -0.25) is 9.59 Å². The minimum atomic E-state index is -0.129. The Morgan fingerprint density at radius 1 is 1.00 bits per heavy atom. The van der Waals surface area contributed by atoms with E-state index in [-0.39, 0.29) is 11.8 Å². The number of piperazine rings is 1. The van der Waals surface area contributed by atoms with E-state index in [0.29, 0.717) is 60.1 Å². The lowest BCUT2D eigenvalue weighted by Gasteiger charge is -2.35. The summed E-state index contributed by atoms with van der Waals surface area (Å²) in [5.74, 6) is 0.841. The van der Waals surface area contributed by atoms with E-state index in [4.69, 9.17) is 9.47 Å². The average Bonchev–Trinajstić information content (AvgIpc) is 3.13. The molecule has 9 heteroatoms. The quantitative estimate of drug-likeness (QED) is 0.651. The van der Waals surface area contributed by atoms with Crippen molar-refractivity contribution in [2.24, 2.45) is 0 Å². The largest absolute Gasteiger partial charge is 0.497 e. The van der Waals surface area contributed by atoms with Gasteiger partial charge in [0.15, 0.2) is 5.65 Å². The van der Waals surface area contributed by atoms with Crippen LogP contribution in [0.5, 0.6) is 11.5 Å². The van der Waals surface area contributed by atoms with E-state index < -0.39 is 0 Å². The molecule has 0 aliphatic carbocycles. The number of nitrogens with zero attached hydrogens (tertiary/aromatic N) is 5. The fraction of sp³-hybridized carbons (Fsp3) is 0.333. The number of benzene rings is 1. The number of rotatable bonds is 4. The molecular weight excluding hydrogens is 386 g/mol. The van der Waals surface area contributed by atoms with E-state index in [9.17, 15) is 9.59 Å². The molecule has 0 atom stereocenters. The molecule has 0 unspecified atom stereocenters. The molecule has 0 radical (unpaired) electrons. The minimum absolute atomic E-state index is 0.115. The predicted molar refractivity (Wildman–Crippen MR) is 109 cm³/mol. The first-order valence-electron chi connectivity index (χ1n) is 9.64. The van der Waals surface area contributed by atoms with Crippen molar-refractivity contribution in [2.45, 2.75) is 6.92 Å². The molecule has 9 nitrogen and oxygen atoms in total. The van der Waals surface area contributed by atoms with Crippen molar-refractivity contribution in [1.82, 2.24) is 24.4 Å². The summed E-state index contributed by atoms with van der Waals surface area (Å²) in [4.78, 5) is 33.9. The van der Waals surface area contributed by atoms with Gasteiger partial charge < -0.3 is 19.3 Å². The van der Waals surface area contributed by atoms with Crippen molar-refractivity contribution in [2.75, 3.05) is 40.4 Å². The Labute approximate surface area is 173 Å². The van der Waals surface area contributed by atoms with Gasteiger partial charge in [0.1, 0.15) is 17.1 Å². The van der Waals surface area contributed by atoms with Crippen molar-refractivity contribution in [1.29, 1.82) is 0 Å². The normalized spacial score (nSPS) is 14.1. The maximum absolute atomic E-state index is 13.1. The highest BCUT2D eigenvalue weighted by Crippen LogP contribution is 2.26. The highest BCUT2D eigenvalue weighted by molar-refractivity contribution is 6.01. The number of carbonyl (C=O) groups is 2. The van der Waals surface area contributed by atoms with Gasteiger partial charge in [0.05, 0.1) is 25.5 Å². The third kappa shape index (κ3) is 3.42. The Hall–Kier alpha value is -3.62. The van der Waals surface area contributed by atoms with Crippen LogP contribution in [-0.4, -0.2) is 76.6 Å². The van der Waals surface area contributed by atoms with Crippen molar-refractivity contribution in [3.8, 4) is 11.5 Å². The summed E-state index contributed by atoms with van der Waals surface area (Å²) in [6.07, 6.45) is 3.41. The summed E-state index contributed by atoms with van der Waals surface area (Å²) in [5.41, 5.74) is 2.16. The van der Waals surface area contributed by atoms with Gasteiger partial charge in [0.25, 0.3) is 11.8 Å². The molecule has 3 heterocycles. The van der Waals surface area contributed by atoms with Crippen LogP contribution < -0.4 is 9.47 Å². The number of hydrogen-bond donors (Lipinski definition) is 0. The van der Waals surface area contributed by atoms with E-state index in [2.05, 4.69) is 10.1 Å². The van der Waals surface area contributed by atoms with Crippen LogP contribution in [-0.2, 0) is 0 Å². The first-order chi connectivity index (χ1) is 14.5. The lowest BCUT2D eigenvalue weighted by molar-refractivity contribution is 0.0534. The van der Waals surface area contributed by atoms with Crippen LogP contribution >= 0.6 is 0 Å². The van der Waals surface area contributed by atoms with Gasteiger partial charge in [0, 0.05) is 44.6 Å². The van der Waals surface area contributed by atoms with Crippen LogP contribution in [0, 0.1) is 6.92 Å². The molecule has 0 bridgehead atoms. The van der Waals surface area contributed by atoms with Crippen LogP contribution in [0.2, 0.25) is 0 Å². The van der Waals surface area contributed by atoms with Crippen LogP contribution in [0.4, 0.5) is 0 Å². The van der Waals surface area contributed by atoms with Gasteiger partial charge in [-0.2, -0.15) is 5.10 Å². The maximum atomic E-state index is 13.1. The molecule has 0 N–H and O–H groups in total. The molecule has 0 saturated carbocycles. The molecular formula is C21H23N5O4. The smallest absolute Gasteiger partial charge is 0.259 e. The van der Waals surface area contributed by atoms with E-state index in [1.54, 1.807) is 65.0 Å². The number of carbonyl (C=O) groups excluding carboxylic acids is 2. The lowest BCUT2D eigenvalue weighted by atomic mass is 10.1. The summed E-state index contributed by atoms with van der Waals surface area (Å²) in [7, 11) is 3.09. The fourth-order valence-electron chi connectivity index (χ4n) is 3.66. The van der Waals surface area contributed by atoms with Gasteiger partial charge in [-0.15, -0.1) is 0 Å². The monoisotopic (exact) mass is 409 g/mol. The van der Waals surface area contributed by atoms with Crippen LogP contribution in [0.1, 0.15) is 26.4 Å². The summed E-state index contributed by atoms with van der Waals surface area (Å²) >= 11 is 0. The van der Waals surface area contributed by atoms with Gasteiger partial charge >= 0.3 is 0 Å². The molecule has 1 aliphatic heterocycles. The van der Waals surface area contributed by atoms with Gasteiger partial charge in [-0.05, 0) is 25.1 Å². The molecule has 1 saturated heterocycles. The minimum Gasteiger partial charge on any atom is -0.497 e. The van der Waals surface area contributed by atoms with Gasteiger partial charge in [-0.1, -0.05) is 0 Å². The number of hydrogen-bond acceptors (Lipinski definition) is 6. The zero-order chi connectivity index (χ0) is 21.3. The number of methoxy groups -OCH3 is 2. The SMILES string of the molecule is COc1ccc(C(=O)N2CCN(C(=O)c3c(C)nn4cccnc34)CC2)c(OC)c1. The topological polar surface area (TPSA) is 89.3 Å². The number of aryl methyl sites for hydroxylation is 1. The van der Waals surface area contributed by atoms with Gasteiger partial charge in [0.2, 0.25) is 0 Å². The molecule has 2 amide bonds. The Kier molecular flexibility index (Phi) is 5.26. The molecule has 30 heavy (non-hydrogen) atoms. The second kappa shape index (κ2) is 8.02. The molecule has 1 aliphatic rings. The Balaban J connectivity index is 1.48. The number of aromatic nitrogens is 3. The summed E-state index contributed by atoms with van der Waals surface area (Å²) in [6, 6.07) is 6.89. The number of fused-ring (bicyclic) bond motifs is 1. The van der Waals surface area contributed by atoms with Crippen molar-refractivity contribution >= 4 is 17.5 Å². The summed E-state index contributed by atoms with van der Waals surface area (Å²) in [5, 5.41) is 4.36. The average molecular weight is 409 g/mol. The third-order valence-electron chi connectivity index (χ3n) is 5.28. The molecule has 3 aromatic rings. The standard InChI is InChI=1S/C21H23N5O4/c1-14-18(19-22-7-4-8-26(19)23-14)21(28)25-11-9-24(10-12-25)20(27)16-6-5-15(29-2)13-17(16)30-3/h4-8,13H,9-12H2,1-3H3. The number of ether oxygens (including phenoxy) is 2. The van der Waals surface area contributed by atoms with Crippen molar-refractivity contribution in [3.63, 3.8) is 0 Å². The molecule has 1 aromatic carbocycles. The summed E-state index contributed by atoms with van der Waals surface area (Å²) < 4.78 is 12.2. The van der Waals surface area contributed by atoms with E-state index in [1.807, 2.05) is 0 Å². The predicted octanol–water partition coefficient (Wildman–Crippen LogP) is 1.65. The maximum Gasteiger partial charge on any atom is 0.259 e. The Morgan fingerprint density at radius 2 is 1.70 bits per heavy atom. The van der Waals surface area contributed by atoms with Crippen LogP contribution in [0.3, 0.4) is 0 Å². The van der Waals surface area contributed by atoms with E-state index in [1.165, 1.54) is 7.11 Å². The second-order valence-electron chi connectivity index (χ2n) is 7.00. The van der Waals surface area contributed by atoms with Crippen molar-refractivity contribution < 1.29 is 19.1 Å². The fourth-order valence-corrected chi connectivity index (χ4v) is 3.66. The molecule has 0 spiro atoms. The molecule has 4 rings (SSSR count). The highest BCUT2D eigenvalue weighted by atomic mass is 16.5. The number of amides is 2. The molecule has 156 valence electrons. The third-order valence-corrected chi connectivity index (χ3v) is 5.28. The molecule has 2 aromatic heterocycles. The second-order valence-corrected chi connectivity index (χ2v) is 7.00. The van der Waals surface area contributed by atoms with Crippen LogP contribution in [0.25, 0.3) is 5.65 Å². The Morgan fingerprint density at radius 3 is 2.37 bits per heavy atom. The van der Waals surface area contributed by atoms with E-state index in [0.717, 1.165) is 0 Å². The van der Waals surface area contributed by atoms with E-state index >= 15 is 0 Å². The highest BCUT2D eigenvalue weighted by Gasteiger charge is 2.29. The zero-order valence-electron chi connectivity index (χ0n) is 17.2. The van der Waals surface area contributed by atoms with Gasteiger partial charge in [-0.25, -0.2) is 9.50 Å². The zero-order valence-corrected chi connectivity index (χ0v) is 17.2. The first kappa shape index (κ1) is 19.7. The summed E-state index contributed by atoms with van der Waals surface area (Å²) in [6.45, 7) is 3.55.